The largest absolute Gasteiger partial charge is 0.338 e. The van der Waals surface area contributed by atoms with E-state index in [-0.39, 0.29) is 18.0 Å². The van der Waals surface area contributed by atoms with E-state index >= 15 is 0 Å². The maximum Gasteiger partial charge on any atom is 0.317 e. The number of hydrogen-bond donors (Lipinski definition) is 1. The molecule has 1 aliphatic heterocycles. The molecule has 28 heavy (non-hydrogen) atoms. The van der Waals surface area contributed by atoms with Crippen molar-refractivity contribution in [2.75, 3.05) is 13.6 Å². The maximum absolute atomic E-state index is 12.6. The van der Waals surface area contributed by atoms with Gasteiger partial charge in [0.1, 0.15) is 0 Å². The number of halogens is 1. The van der Waals surface area contributed by atoms with Gasteiger partial charge >= 0.3 is 6.03 Å². The van der Waals surface area contributed by atoms with Crippen LogP contribution in [0.1, 0.15) is 42.5 Å². The van der Waals surface area contributed by atoms with Crippen LogP contribution >= 0.6 is 11.6 Å². The summed E-state index contributed by atoms with van der Waals surface area (Å²) in [4.78, 5) is 28.1. The fourth-order valence-corrected chi connectivity index (χ4v) is 3.52. The lowest BCUT2D eigenvalue weighted by atomic mass is 10.1. The van der Waals surface area contributed by atoms with Crippen LogP contribution in [0.4, 0.5) is 4.79 Å². The van der Waals surface area contributed by atoms with Crippen molar-refractivity contribution in [3.63, 3.8) is 0 Å². The van der Waals surface area contributed by atoms with E-state index in [4.69, 9.17) is 11.6 Å². The molecule has 2 aromatic carbocycles. The molecule has 148 valence electrons. The van der Waals surface area contributed by atoms with Crippen LogP contribution in [-0.2, 0) is 17.9 Å². The smallest absolute Gasteiger partial charge is 0.317 e. The molecule has 0 unspecified atom stereocenters. The summed E-state index contributed by atoms with van der Waals surface area (Å²) in [6, 6.07) is 15.2. The highest BCUT2D eigenvalue weighted by Gasteiger charge is 2.21. The third-order valence-corrected chi connectivity index (χ3v) is 5.59. The molecule has 0 aromatic heterocycles. The van der Waals surface area contributed by atoms with E-state index in [2.05, 4.69) is 5.32 Å². The predicted octanol–water partition coefficient (Wildman–Crippen LogP) is 4.37. The molecule has 0 aliphatic carbocycles. The van der Waals surface area contributed by atoms with E-state index in [9.17, 15) is 9.59 Å². The molecule has 1 N–H and O–H groups in total. The van der Waals surface area contributed by atoms with Crippen LogP contribution < -0.4 is 5.32 Å². The number of carbonyl (C=O) groups is 2. The molecule has 1 atom stereocenters. The number of amides is 3. The minimum Gasteiger partial charge on any atom is -0.338 e. The minimum atomic E-state index is -0.144. The first kappa shape index (κ1) is 20.2. The van der Waals surface area contributed by atoms with Gasteiger partial charge in [0.25, 0.3) is 0 Å². The average molecular weight is 400 g/mol. The van der Waals surface area contributed by atoms with E-state index in [1.54, 1.807) is 11.9 Å². The van der Waals surface area contributed by atoms with Crippen molar-refractivity contribution in [3.8, 4) is 0 Å². The number of benzene rings is 2. The van der Waals surface area contributed by atoms with Gasteiger partial charge in [0.2, 0.25) is 5.91 Å². The molecule has 5 nitrogen and oxygen atoms in total. The Kier molecular flexibility index (Phi) is 6.57. The van der Waals surface area contributed by atoms with E-state index < -0.39 is 0 Å². The van der Waals surface area contributed by atoms with Crippen LogP contribution in [-0.4, -0.2) is 35.3 Å². The molecule has 0 radical (unpaired) electrons. The summed E-state index contributed by atoms with van der Waals surface area (Å²) < 4.78 is 0. The summed E-state index contributed by atoms with van der Waals surface area (Å²) in [7, 11) is 1.78. The topological polar surface area (TPSA) is 52.7 Å². The van der Waals surface area contributed by atoms with Gasteiger partial charge in [0, 0.05) is 38.1 Å². The summed E-state index contributed by atoms with van der Waals surface area (Å²) in [6.45, 7) is 3.81. The molecule has 1 aliphatic rings. The standard InChI is InChI=1S/C22H26ClN3O2/c1-16(17-9-11-20(23)12-10-17)25(2)22(28)24-14-18-6-3-4-7-19(18)15-26-13-5-8-21(26)27/h3-4,6-7,9-12,16H,5,8,13-15H2,1-2H3,(H,24,28)/t16-/m1/s1. The van der Waals surface area contributed by atoms with E-state index in [1.165, 1.54) is 0 Å². The lowest BCUT2D eigenvalue weighted by Crippen LogP contribution is -2.38. The molecule has 3 rings (SSSR count). The van der Waals surface area contributed by atoms with Gasteiger partial charge in [-0.05, 0) is 42.2 Å². The number of nitrogens with one attached hydrogen (secondary N) is 1. The van der Waals surface area contributed by atoms with Gasteiger partial charge < -0.3 is 15.1 Å². The molecule has 1 fully saturated rings. The first-order chi connectivity index (χ1) is 13.5. The molecule has 3 amide bonds. The zero-order chi connectivity index (χ0) is 20.1. The maximum atomic E-state index is 12.6. The van der Waals surface area contributed by atoms with E-state index in [0.717, 1.165) is 29.7 Å². The number of nitrogens with zero attached hydrogens (tertiary/aromatic N) is 2. The highest BCUT2D eigenvalue weighted by atomic mass is 35.5. The molecule has 0 spiro atoms. The van der Waals surface area contributed by atoms with Crippen molar-refractivity contribution in [1.29, 1.82) is 0 Å². The van der Waals surface area contributed by atoms with Crippen LogP contribution in [0.3, 0.4) is 0 Å². The lowest BCUT2D eigenvalue weighted by Gasteiger charge is -2.26. The number of likely N-dealkylation sites (tertiary alicyclic amines) is 1. The van der Waals surface area contributed by atoms with Gasteiger partial charge in [-0.3, -0.25) is 4.79 Å². The van der Waals surface area contributed by atoms with Crippen LogP contribution in [0.25, 0.3) is 0 Å². The Bertz CT molecular complexity index is 838. The fraction of sp³-hybridized carbons (Fsp3) is 0.364. The van der Waals surface area contributed by atoms with Crippen LogP contribution in [0.2, 0.25) is 5.02 Å². The van der Waals surface area contributed by atoms with Crippen LogP contribution in [0.15, 0.2) is 48.5 Å². The Morgan fingerprint density at radius 2 is 1.86 bits per heavy atom. The quantitative estimate of drug-likeness (QED) is 0.784. The minimum absolute atomic E-state index is 0.0743. The summed E-state index contributed by atoms with van der Waals surface area (Å²) in [5.74, 6) is 0.204. The van der Waals surface area contributed by atoms with Crippen molar-refractivity contribution in [2.24, 2.45) is 0 Å². The zero-order valence-corrected chi connectivity index (χ0v) is 17.1. The Morgan fingerprint density at radius 3 is 2.50 bits per heavy atom. The van der Waals surface area contributed by atoms with Gasteiger partial charge in [0.05, 0.1) is 6.04 Å². The molecular weight excluding hydrogens is 374 g/mol. The first-order valence-electron chi connectivity index (χ1n) is 9.56. The fourth-order valence-electron chi connectivity index (χ4n) is 3.40. The monoisotopic (exact) mass is 399 g/mol. The van der Waals surface area contributed by atoms with Crippen molar-refractivity contribution in [1.82, 2.24) is 15.1 Å². The Hall–Kier alpha value is -2.53. The van der Waals surface area contributed by atoms with Gasteiger partial charge in [-0.2, -0.15) is 0 Å². The lowest BCUT2D eigenvalue weighted by molar-refractivity contribution is -0.128. The number of urea groups is 1. The summed E-state index contributed by atoms with van der Waals surface area (Å²) >= 11 is 5.94. The van der Waals surface area contributed by atoms with Gasteiger partial charge in [0.15, 0.2) is 0 Å². The number of rotatable bonds is 6. The highest BCUT2D eigenvalue weighted by molar-refractivity contribution is 6.30. The van der Waals surface area contributed by atoms with E-state index in [0.29, 0.717) is 24.5 Å². The number of carbonyl (C=O) groups excluding carboxylic acids is 2. The zero-order valence-electron chi connectivity index (χ0n) is 16.3. The molecule has 1 heterocycles. The van der Waals surface area contributed by atoms with Crippen molar-refractivity contribution in [3.05, 3.63) is 70.2 Å². The predicted molar refractivity (Wildman–Crippen MR) is 111 cm³/mol. The SMILES string of the molecule is C[C@H](c1ccc(Cl)cc1)N(C)C(=O)NCc1ccccc1CN1CCCC1=O. The molecule has 2 aromatic rings. The van der Waals surface area contributed by atoms with Crippen molar-refractivity contribution in [2.45, 2.75) is 38.9 Å². The first-order valence-corrected chi connectivity index (χ1v) is 9.94. The third-order valence-electron chi connectivity index (χ3n) is 5.33. The van der Waals surface area contributed by atoms with Gasteiger partial charge in [-0.25, -0.2) is 4.79 Å². The second-order valence-electron chi connectivity index (χ2n) is 7.18. The molecule has 1 saturated heterocycles. The Morgan fingerprint density at radius 1 is 1.18 bits per heavy atom. The average Bonchev–Trinajstić information content (AvgIpc) is 3.11. The normalized spacial score (nSPS) is 14.8. The second kappa shape index (κ2) is 9.11. The van der Waals surface area contributed by atoms with Crippen molar-refractivity contribution >= 4 is 23.5 Å². The second-order valence-corrected chi connectivity index (χ2v) is 7.62. The van der Waals surface area contributed by atoms with Gasteiger partial charge in [-0.15, -0.1) is 0 Å². The molecule has 0 bridgehead atoms. The summed E-state index contributed by atoms with van der Waals surface area (Å²) in [5, 5.41) is 3.67. The third kappa shape index (κ3) is 4.84. The van der Waals surface area contributed by atoms with Crippen LogP contribution in [0.5, 0.6) is 0 Å². The Balaban J connectivity index is 1.61. The van der Waals surface area contributed by atoms with Crippen LogP contribution in [0, 0.1) is 0 Å². The Labute approximate surface area is 171 Å². The van der Waals surface area contributed by atoms with E-state index in [1.807, 2.05) is 60.4 Å². The summed E-state index contributed by atoms with van der Waals surface area (Å²) in [6.07, 6.45) is 1.55. The molecular formula is C22H26ClN3O2. The molecule has 0 saturated carbocycles. The van der Waals surface area contributed by atoms with Crippen molar-refractivity contribution < 1.29 is 9.59 Å². The highest BCUT2D eigenvalue weighted by Crippen LogP contribution is 2.21. The summed E-state index contributed by atoms with van der Waals surface area (Å²) in [5.41, 5.74) is 3.13. The molecule has 6 heteroatoms. The van der Waals surface area contributed by atoms with Gasteiger partial charge in [-0.1, -0.05) is 48.0 Å². The number of hydrogen-bond acceptors (Lipinski definition) is 2.